The van der Waals surface area contributed by atoms with Gasteiger partial charge in [0.25, 0.3) is 0 Å². The van der Waals surface area contributed by atoms with E-state index in [4.69, 9.17) is 16.6 Å². The van der Waals surface area contributed by atoms with Crippen LogP contribution in [0.3, 0.4) is 0 Å². The number of allylic oxidation sites excluding steroid dienone is 1. The van der Waals surface area contributed by atoms with Crippen LogP contribution in [0.5, 0.6) is 0 Å². The SMILES string of the molecule is Cc1cc2nc(/C=C/C3CCCCC3)n(Cc3ccc(Cl)cc3)c2cc1C. The smallest absolute Gasteiger partial charge is 0.133 e. The molecule has 3 heteroatoms. The van der Waals surface area contributed by atoms with E-state index in [9.17, 15) is 0 Å². The molecule has 0 atom stereocenters. The molecular formula is C24H27ClN2. The molecule has 0 aliphatic heterocycles. The van der Waals surface area contributed by atoms with Gasteiger partial charge in [0.2, 0.25) is 0 Å². The third kappa shape index (κ3) is 4.11. The largest absolute Gasteiger partial charge is 0.320 e. The number of aromatic nitrogens is 2. The second-order valence-corrected chi connectivity index (χ2v) is 8.30. The number of hydrogen-bond donors (Lipinski definition) is 0. The van der Waals surface area contributed by atoms with Gasteiger partial charge in [-0.05, 0) is 79.6 Å². The summed E-state index contributed by atoms with van der Waals surface area (Å²) in [6.07, 6.45) is 11.4. The van der Waals surface area contributed by atoms with Crippen molar-refractivity contribution >= 4 is 28.7 Å². The Balaban J connectivity index is 1.73. The van der Waals surface area contributed by atoms with Crippen molar-refractivity contribution in [2.45, 2.75) is 52.5 Å². The van der Waals surface area contributed by atoms with Crippen molar-refractivity contribution in [2.24, 2.45) is 5.92 Å². The number of benzene rings is 2. The summed E-state index contributed by atoms with van der Waals surface area (Å²) < 4.78 is 2.34. The van der Waals surface area contributed by atoms with Crippen molar-refractivity contribution in [1.82, 2.24) is 9.55 Å². The minimum atomic E-state index is 0.700. The Kier molecular flexibility index (Phi) is 5.36. The molecule has 0 amide bonds. The summed E-state index contributed by atoms with van der Waals surface area (Å²) >= 11 is 6.06. The number of halogens is 1. The molecule has 0 radical (unpaired) electrons. The summed E-state index contributed by atoms with van der Waals surface area (Å²) in [4.78, 5) is 4.96. The third-order valence-electron chi connectivity index (χ3n) is 5.81. The Labute approximate surface area is 166 Å². The quantitative estimate of drug-likeness (QED) is 0.480. The number of hydrogen-bond acceptors (Lipinski definition) is 1. The van der Waals surface area contributed by atoms with Crippen LogP contribution in [0.1, 0.15) is 54.6 Å². The molecule has 0 spiro atoms. The van der Waals surface area contributed by atoms with Gasteiger partial charge in [0.05, 0.1) is 11.0 Å². The first-order chi connectivity index (χ1) is 13.1. The molecule has 1 aliphatic carbocycles. The summed E-state index contributed by atoms with van der Waals surface area (Å²) in [5.41, 5.74) is 6.12. The van der Waals surface area contributed by atoms with Gasteiger partial charge < -0.3 is 4.57 Å². The molecule has 1 aromatic heterocycles. The molecule has 4 rings (SSSR count). The van der Waals surface area contributed by atoms with Gasteiger partial charge in [-0.2, -0.15) is 0 Å². The zero-order valence-corrected chi connectivity index (χ0v) is 17.0. The van der Waals surface area contributed by atoms with Crippen molar-refractivity contribution < 1.29 is 0 Å². The first-order valence-corrected chi connectivity index (χ1v) is 10.4. The molecule has 2 aromatic carbocycles. The predicted molar refractivity (Wildman–Crippen MR) is 115 cm³/mol. The van der Waals surface area contributed by atoms with Crippen molar-refractivity contribution in [3.8, 4) is 0 Å². The van der Waals surface area contributed by atoms with Crippen LogP contribution >= 0.6 is 11.6 Å². The van der Waals surface area contributed by atoms with Crippen LogP contribution in [0, 0.1) is 19.8 Å². The second-order valence-electron chi connectivity index (χ2n) is 7.87. The van der Waals surface area contributed by atoms with E-state index in [1.54, 1.807) is 0 Å². The number of nitrogens with zero attached hydrogens (tertiary/aromatic N) is 2. The molecule has 3 aromatic rings. The fraction of sp³-hybridized carbons (Fsp3) is 0.375. The third-order valence-corrected chi connectivity index (χ3v) is 6.07. The summed E-state index contributed by atoms with van der Waals surface area (Å²) in [6.45, 7) is 5.14. The maximum absolute atomic E-state index is 6.06. The van der Waals surface area contributed by atoms with Crippen LogP contribution in [-0.4, -0.2) is 9.55 Å². The zero-order chi connectivity index (χ0) is 18.8. The van der Waals surface area contributed by atoms with E-state index >= 15 is 0 Å². The van der Waals surface area contributed by atoms with Crippen molar-refractivity contribution in [3.05, 3.63) is 70.0 Å². The highest BCUT2D eigenvalue weighted by atomic mass is 35.5. The molecule has 27 heavy (non-hydrogen) atoms. The van der Waals surface area contributed by atoms with Crippen LogP contribution in [0.25, 0.3) is 17.1 Å². The summed E-state index contributed by atoms with van der Waals surface area (Å²) in [5.74, 6) is 1.75. The molecule has 0 unspecified atom stereocenters. The van der Waals surface area contributed by atoms with Crippen LogP contribution < -0.4 is 0 Å². The van der Waals surface area contributed by atoms with Gasteiger partial charge in [-0.3, -0.25) is 0 Å². The molecule has 1 aliphatic rings. The molecule has 2 nitrogen and oxygen atoms in total. The summed E-state index contributed by atoms with van der Waals surface area (Å²) in [7, 11) is 0. The summed E-state index contributed by atoms with van der Waals surface area (Å²) in [5, 5.41) is 0.776. The highest BCUT2D eigenvalue weighted by molar-refractivity contribution is 6.30. The lowest BCUT2D eigenvalue weighted by molar-refractivity contribution is 0.420. The first-order valence-electron chi connectivity index (χ1n) is 10.0. The first kappa shape index (κ1) is 18.3. The van der Waals surface area contributed by atoms with Crippen LogP contribution in [0.4, 0.5) is 0 Å². The lowest BCUT2D eigenvalue weighted by Crippen LogP contribution is -2.04. The molecule has 1 fully saturated rings. The predicted octanol–water partition coefficient (Wildman–Crippen LogP) is 6.95. The van der Waals surface area contributed by atoms with E-state index in [0.717, 1.165) is 22.9 Å². The van der Waals surface area contributed by atoms with Crippen LogP contribution in [-0.2, 0) is 6.54 Å². The topological polar surface area (TPSA) is 17.8 Å². The Morgan fingerprint density at radius 2 is 1.74 bits per heavy atom. The van der Waals surface area contributed by atoms with E-state index in [2.05, 4.69) is 54.8 Å². The Bertz CT molecular complexity index is 960. The standard InChI is InChI=1S/C24H27ClN2/c1-17-14-22-23(15-18(17)2)27(16-20-8-11-21(25)12-9-20)24(26-22)13-10-19-6-4-3-5-7-19/h8-15,19H,3-7,16H2,1-2H3/b13-10+. The molecule has 0 saturated heterocycles. The maximum Gasteiger partial charge on any atom is 0.133 e. The molecule has 1 heterocycles. The molecule has 0 N–H and O–H groups in total. The van der Waals surface area contributed by atoms with Gasteiger partial charge >= 0.3 is 0 Å². The Hall–Kier alpha value is -2.06. The van der Waals surface area contributed by atoms with Gasteiger partial charge in [0.1, 0.15) is 5.82 Å². The van der Waals surface area contributed by atoms with E-state index in [0.29, 0.717) is 5.92 Å². The molecular weight excluding hydrogens is 352 g/mol. The normalized spacial score (nSPS) is 15.8. The van der Waals surface area contributed by atoms with Gasteiger partial charge in [0.15, 0.2) is 0 Å². The van der Waals surface area contributed by atoms with E-state index in [1.165, 1.54) is 54.3 Å². The lowest BCUT2D eigenvalue weighted by Gasteiger charge is -2.17. The highest BCUT2D eigenvalue weighted by Gasteiger charge is 2.13. The molecule has 140 valence electrons. The Morgan fingerprint density at radius 1 is 1.04 bits per heavy atom. The number of fused-ring (bicyclic) bond motifs is 1. The average Bonchev–Trinajstić information content (AvgIpc) is 2.99. The molecule has 1 saturated carbocycles. The van der Waals surface area contributed by atoms with E-state index < -0.39 is 0 Å². The van der Waals surface area contributed by atoms with Gasteiger partial charge in [-0.25, -0.2) is 4.98 Å². The average molecular weight is 379 g/mol. The van der Waals surface area contributed by atoms with E-state index in [1.807, 2.05) is 12.1 Å². The zero-order valence-electron chi connectivity index (χ0n) is 16.2. The minimum Gasteiger partial charge on any atom is -0.320 e. The maximum atomic E-state index is 6.06. The number of aryl methyl sites for hydroxylation is 2. The highest BCUT2D eigenvalue weighted by Crippen LogP contribution is 2.27. The van der Waals surface area contributed by atoms with E-state index in [-0.39, 0.29) is 0 Å². The van der Waals surface area contributed by atoms with Gasteiger partial charge in [-0.15, -0.1) is 0 Å². The fourth-order valence-corrected chi connectivity index (χ4v) is 4.14. The number of imidazole rings is 1. The minimum absolute atomic E-state index is 0.700. The second kappa shape index (κ2) is 7.90. The van der Waals surface area contributed by atoms with Crippen molar-refractivity contribution in [3.63, 3.8) is 0 Å². The monoisotopic (exact) mass is 378 g/mol. The van der Waals surface area contributed by atoms with Gasteiger partial charge in [-0.1, -0.05) is 49.1 Å². The Morgan fingerprint density at radius 3 is 2.48 bits per heavy atom. The van der Waals surface area contributed by atoms with Crippen LogP contribution in [0.15, 0.2) is 42.5 Å². The van der Waals surface area contributed by atoms with Crippen molar-refractivity contribution in [1.29, 1.82) is 0 Å². The lowest BCUT2D eigenvalue weighted by atomic mass is 9.89. The van der Waals surface area contributed by atoms with Crippen LogP contribution in [0.2, 0.25) is 5.02 Å². The van der Waals surface area contributed by atoms with Crippen molar-refractivity contribution in [2.75, 3.05) is 0 Å². The van der Waals surface area contributed by atoms with Gasteiger partial charge in [0, 0.05) is 11.6 Å². The summed E-state index contributed by atoms with van der Waals surface area (Å²) in [6, 6.07) is 12.6. The fourth-order valence-electron chi connectivity index (χ4n) is 4.01. The molecule has 0 bridgehead atoms. The number of rotatable bonds is 4.